The lowest BCUT2D eigenvalue weighted by Gasteiger charge is -2.06. The van der Waals surface area contributed by atoms with Gasteiger partial charge in [0, 0.05) is 29.2 Å². The minimum absolute atomic E-state index is 0.0222. The summed E-state index contributed by atoms with van der Waals surface area (Å²) in [7, 11) is 0. The van der Waals surface area contributed by atoms with Crippen molar-refractivity contribution < 1.29 is 4.79 Å². The second-order valence-corrected chi connectivity index (χ2v) is 5.54. The van der Waals surface area contributed by atoms with E-state index in [1.807, 2.05) is 40.7 Å². The van der Waals surface area contributed by atoms with Crippen LogP contribution in [0.15, 0.2) is 6.07 Å². The van der Waals surface area contributed by atoms with Gasteiger partial charge in [0.05, 0.1) is 12.1 Å². The molecule has 6 heteroatoms. The van der Waals surface area contributed by atoms with Gasteiger partial charge in [-0.3, -0.25) is 4.79 Å². The number of nitrogens with one attached hydrogen (secondary N) is 1. The Bertz CT molecular complexity index is 670. The highest BCUT2D eigenvalue weighted by Crippen LogP contribution is 2.17. The third-order valence-electron chi connectivity index (χ3n) is 3.51. The van der Waals surface area contributed by atoms with Crippen LogP contribution in [0, 0.1) is 27.7 Å². The molecule has 0 atom stereocenters. The smallest absolute Gasteiger partial charge is 0.251 e. The van der Waals surface area contributed by atoms with Crippen molar-refractivity contribution in [2.24, 2.45) is 0 Å². The Labute approximate surface area is 131 Å². The van der Waals surface area contributed by atoms with Gasteiger partial charge >= 0.3 is 0 Å². The average molecular weight is 301 g/mol. The van der Waals surface area contributed by atoms with E-state index in [0.717, 1.165) is 34.8 Å². The van der Waals surface area contributed by atoms with Crippen molar-refractivity contribution in [2.45, 2.75) is 47.5 Å². The third kappa shape index (κ3) is 3.50. The summed E-state index contributed by atoms with van der Waals surface area (Å²) in [6.45, 7) is 10.5. The Balaban J connectivity index is 2.32. The van der Waals surface area contributed by atoms with Crippen LogP contribution in [0.1, 0.15) is 41.7 Å². The van der Waals surface area contributed by atoms with Gasteiger partial charge in [0.25, 0.3) is 5.95 Å². The van der Waals surface area contributed by atoms with Crippen molar-refractivity contribution in [3.8, 4) is 5.95 Å². The minimum Gasteiger partial charge on any atom is -0.356 e. The fourth-order valence-electron chi connectivity index (χ4n) is 2.42. The van der Waals surface area contributed by atoms with Gasteiger partial charge in [-0.15, -0.1) is 0 Å². The number of carbonyl (C=O) groups excluding carboxylic acids is 1. The normalized spacial score (nSPS) is 10.8. The molecule has 0 saturated heterocycles. The first-order valence-electron chi connectivity index (χ1n) is 7.56. The maximum absolute atomic E-state index is 12.0. The fourth-order valence-corrected chi connectivity index (χ4v) is 2.42. The highest BCUT2D eigenvalue weighted by molar-refractivity contribution is 5.79. The summed E-state index contributed by atoms with van der Waals surface area (Å²) in [5, 5.41) is 7.40. The van der Waals surface area contributed by atoms with Crippen LogP contribution >= 0.6 is 0 Å². The Morgan fingerprint density at radius 3 is 2.41 bits per heavy atom. The van der Waals surface area contributed by atoms with E-state index in [1.54, 1.807) is 4.68 Å². The quantitative estimate of drug-likeness (QED) is 0.916. The molecule has 1 N–H and O–H groups in total. The van der Waals surface area contributed by atoms with Crippen LogP contribution in [0.3, 0.4) is 0 Å². The van der Waals surface area contributed by atoms with Crippen molar-refractivity contribution in [2.75, 3.05) is 6.54 Å². The van der Waals surface area contributed by atoms with E-state index in [-0.39, 0.29) is 5.91 Å². The minimum atomic E-state index is 0.0222. The number of aromatic nitrogens is 4. The SMILES string of the molecule is CCCNC(=O)Cc1c(C)nn(-c2nc(C)cc(C)n2)c1C. The molecule has 0 aliphatic rings. The topological polar surface area (TPSA) is 72.7 Å². The maximum Gasteiger partial charge on any atom is 0.251 e. The summed E-state index contributed by atoms with van der Waals surface area (Å²) in [4.78, 5) is 20.8. The monoisotopic (exact) mass is 301 g/mol. The summed E-state index contributed by atoms with van der Waals surface area (Å²) < 4.78 is 1.72. The van der Waals surface area contributed by atoms with Crippen LogP contribution in [0.5, 0.6) is 0 Å². The number of hydrogen-bond donors (Lipinski definition) is 1. The number of aryl methyl sites for hydroxylation is 3. The molecule has 2 aromatic rings. The first-order chi connectivity index (χ1) is 10.4. The summed E-state index contributed by atoms with van der Waals surface area (Å²) in [5.41, 5.74) is 4.49. The Kier molecular flexibility index (Phi) is 4.90. The molecule has 0 spiro atoms. The Hall–Kier alpha value is -2.24. The molecule has 1 amide bonds. The molecule has 0 aromatic carbocycles. The summed E-state index contributed by atoms with van der Waals surface area (Å²) in [5.74, 6) is 0.576. The van der Waals surface area contributed by atoms with Crippen molar-refractivity contribution in [3.05, 3.63) is 34.4 Å². The fraction of sp³-hybridized carbons (Fsp3) is 0.500. The van der Waals surface area contributed by atoms with Crippen molar-refractivity contribution in [1.29, 1.82) is 0 Å². The molecule has 0 fully saturated rings. The van der Waals surface area contributed by atoms with Gasteiger partial charge in [0.2, 0.25) is 5.91 Å². The van der Waals surface area contributed by atoms with Gasteiger partial charge in [-0.2, -0.15) is 5.10 Å². The van der Waals surface area contributed by atoms with E-state index >= 15 is 0 Å². The maximum atomic E-state index is 12.0. The van der Waals surface area contributed by atoms with Crippen LogP contribution in [0.2, 0.25) is 0 Å². The molecule has 0 saturated carbocycles. The number of rotatable bonds is 5. The predicted molar refractivity (Wildman–Crippen MR) is 85.1 cm³/mol. The molecule has 0 unspecified atom stereocenters. The zero-order valence-electron chi connectivity index (χ0n) is 13.9. The highest BCUT2D eigenvalue weighted by atomic mass is 16.1. The van der Waals surface area contributed by atoms with Crippen LogP contribution in [-0.4, -0.2) is 32.2 Å². The lowest BCUT2D eigenvalue weighted by Crippen LogP contribution is -2.26. The first-order valence-corrected chi connectivity index (χ1v) is 7.56. The summed E-state index contributed by atoms with van der Waals surface area (Å²) >= 11 is 0. The number of carbonyl (C=O) groups is 1. The second kappa shape index (κ2) is 6.68. The predicted octanol–water partition coefficient (Wildman–Crippen LogP) is 1.96. The van der Waals surface area contributed by atoms with Gasteiger partial charge in [0.15, 0.2) is 0 Å². The van der Waals surface area contributed by atoms with E-state index in [9.17, 15) is 4.79 Å². The van der Waals surface area contributed by atoms with Gasteiger partial charge < -0.3 is 5.32 Å². The molecule has 6 nitrogen and oxygen atoms in total. The third-order valence-corrected chi connectivity index (χ3v) is 3.51. The average Bonchev–Trinajstić information content (AvgIpc) is 2.72. The molecule has 118 valence electrons. The molecule has 2 heterocycles. The molecule has 0 bridgehead atoms. The van der Waals surface area contributed by atoms with Gasteiger partial charge in [0.1, 0.15) is 0 Å². The zero-order valence-corrected chi connectivity index (χ0v) is 13.9. The molecule has 22 heavy (non-hydrogen) atoms. The molecular weight excluding hydrogens is 278 g/mol. The van der Waals surface area contributed by atoms with Crippen LogP contribution < -0.4 is 5.32 Å². The molecule has 2 aromatic heterocycles. The van der Waals surface area contributed by atoms with Crippen molar-refractivity contribution in [1.82, 2.24) is 25.1 Å². The van der Waals surface area contributed by atoms with Gasteiger partial charge in [-0.1, -0.05) is 6.92 Å². The lowest BCUT2D eigenvalue weighted by molar-refractivity contribution is -0.120. The van der Waals surface area contributed by atoms with Gasteiger partial charge in [-0.05, 0) is 40.2 Å². The van der Waals surface area contributed by atoms with Crippen molar-refractivity contribution in [3.63, 3.8) is 0 Å². The summed E-state index contributed by atoms with van der Waals surface area (Å²) in [6, 6.07) is 1.92. The Morgan fingerprint density at radius 2 is 1.82 bits per heavy atom. The van der Waals surface area contributed by atoms with E-state index in [0.29, 0.717) is 18.9 Å². The highest BCUT2D eigenvalue weighted by Gasteiger charge is 2.17. The van der Waals surface area contributed by atoms with Gasteiger partial charge in [-0.25, -0.2) is 14.6 Å². The lowest BCUT2D eigenvalue weighted by atomic mass is 10.1. The van der Waals surface area contributed by atoms with Crippen LogP contribution in [-0.2, 0) is 11.2 Å². The Morgan fingerprint density at radius 1 is 1.18 bits per heavy atom. The largest absolute Gasteiger partial charge is 0.356 e. The van der Waals surface area contributed by atoms with Crippen LogP contribution in [0.4, 0.5) is 0 Å². The first kappa shape index (κ1) is 16.1. The number of hydrogen-bond acceptors (Lipinski definition) is 4. The molecule has 2 rings (SSSR count). The van der Waals surface area contributed by atoms with E-state index in [4.69, 9.17) is 0 Å². The molecule has 0 radical (unpaired) electrons. The zero-order chi connectivity index (χ0) is 16.3. The van der Waals surface area contributed by atoms with E-state index < -0.39 is 0 Å². The second-order valence-electron chi connectivity index (χ2n) is 5.54. The van der Waals surface area contributed by atoms with Crippen LogP contribution in [0.25, 0.3) is 5.95 Å². The summed E-state index contributed by atoms with van der Waals surface area (Å²) in [6.07, 6.45) is 1.27. The standard InChI is InChI=1S/C16H23N5O/c1-6-7-17-15(22)9-14-12(4)20-21(13(14)5)16-18-10(2)8-11(3)19-16/h8H,6-7,9H2,1-5H3,(H,17,22). The van der Waals surface area contributed by atoms with Crippen molar-refractivity contribution >= 4 is 5.91 Å². The molecule has 0 aliphatic carbocycles. The molecule has 0 aliphatic heterocycles. The van der Waals surface area contributed by atoms with E-state index in [2.05, 4.69) is 20.4 Å². The number of amides is 1. The van der Waals surface area contributed by atoms with E-state index in [1.165, 1.54) is 0 Å². The molecular formula is C16H23N5O. The number of nitrogens with zero attached hydrogens (tertiary/aromatic N) is 4.